The Balaban J connectivity index is 0.940. The number of carbonyl (C=O) groups is 4. The number of imide groups is 1. The monoisotopic (exact) mass is 742 g/mol. The predicted octanol–water partition coefficient (Wildman–Crippen LogP) is 8.16. The highest BCUT2D eigenvalue weighted by atomic mass is 16.4. The molecule has 0 radical (unpaired) electrons. The van der Waals surface area contributed by atoms with E-state index in [0.717, 1.165) is 85.6 Å². The Kier molecular flexibility index (Phi) is 13.0. The van der Waals surface area contributed by atoms with E-state index in [4.69, 9.17) is 0 Å². The van der Waals surface area contributed by atoms with Crippen LogP contribution in [0.5, 0.6) is 0 Å². The van der Waals surface area contributed by atoms with E-state index in [1.165, 1.54) is 42.4 Å². The number of benzene rings is 3. The lowest BCUT2D eigenvalue weighted by Gasteiger charge is -2.28. The summed E-state index contributed by atoms with van der Waals surface area (Å²) < 4.78 is 4.07. The number of aryl methyl sites for hydroxylation is 1. The van der Waals surface area contributed by atoms with Crippen molar-refractivity contribution in [3.8, 4) is 11.1 Å². The highest BCUT2D eigenvalue weighted by Crippen LogP contribution is 2.34. The molecule has 0 saturated heterocycles. The van der Waals surface area contributed by atoms with Gasteiger partial charge in [-0.3, -0.25) is 14.5 Å². The summed E-state index contributed by atoms with van der Waals surface area (Å²) in [6, 6.07) is 21.9. The van der Waals surface area contributed by atoms with Crippen LogP contribution in [0.15, 0.2) is 97.6 Å². The van der Waals surface area contributed by atoms with Gasteiger partial charge in [0.1, 0.15) is 6.54 Å². The molecular weight excluding hydrogens is 693 g/mol. The summed E-state index contributed by atoms with van der Waals surface area (Å²) in [5.41, 5.74) is 4.80. The number of hydrogen-bond donors (Lipinski definition) is 3. The number of carbonyl (C=O) groups excluding carboxylic acids is 2. The van der Waals surface area contributed by atoms with Crippen molar-refractivity contribution < 1.29 is 38.5 Å². The van der Waals surface area contributed by atoms with E-state index < -0.39 is 11.9 Å². The number of aromatic nitrogens is 2. The Bertz CT molecular complexity index is 2110. The molecule has 0 fully saturated rings. The number of anilines is 1. The van der Waals surface area contributed by atoms with Gasteiger partial charge in [0.25, 0.3) is 11.8 Å². The van der Waals surface area contributed by atoms with Crippen molar-refractivity contribution >= 4 is 40.2 Å². The van der Waals surface area contributed by atoms with Gasteiger partial charge in [-0.1, -0.05) is 57.6 Å². The third-order valence-electron chi connectivity index (χ3n) is 10.4. The van der Waals surface area contributed by atoms with Gasteiger partial charge in [0.05, 0.1) is 11.1 Å². The van der Waals surface area contributed by atoms with Crippen molar-refractivity contribution in [2.45, 2.75) is 84.2 Å². The van der Waals surface area contributed by atoms with E-state index in [0.29, 0.717) is 29.8 Å². The van der Waals surface area contributed by atoms with Gasteiger partial charge in [-0.25, -0.2) is 18.7 Å². The summed E-state index contributed by atoms with van der Waals surface area (Å²) in [5, 5.41) is 24.0. The fourth-order valence-electron chi connectivity index (χ4n) is 7.34. The molecule has 1 aliphatic rings. The number of nitrogens with one attached hydrogen (secondary N) is 1. The van der Waals surface area contributed by atoms with Crippen LogP contribution in [0.1, 0.15) is 118 Å². The lowest BCUT2D eigenvalue weighted by Crippen LogP contribution is -2.40. The third-order valence-corrected chi connectivity index (χ3v) is 10.4. The quantitative estimate of drug-likeness (QED) is 0.0417. The average Bonchev–Trinajstić information content (AvgIpc) is 3.19. The number of rotatable bonds is 20. The number of carboxylic acids is 2. The van der Waals surface area contributed by atoms with Crippen LogP contribution in [0.25, 0.3) is 21.9 Å². The van der Waals surface area contributed by atoms with E-state index in [1.54, 1.807) is 0 Å². The molecule has 0 spiro atoms. The molecule has 0 unspecified atom stereocenters. The van der Waals surface area contributed by atoms with E-state index in [1.807, 2.05) is 59.4 Å². The maximum Gasteiger partial charge on any atom is 0.335 e. The fourth-order valence-corrected chi connectivity index (χ4v) is 7.34. The van der Waals surface area contributed by atoms with Gasteiger partial charge in [-0.2, -0.15) is 0 Å². The van der Waals surface area contributed by atoms with Crippen LogP contribution in [-0.4, -0.2) is 52.0 Å². The second-order valence-corrected chi connectivity index (χ2v) is 14.4. The number of pyridine rings is 2. The Hall–Kier alpha value is -5.90. The Morgan fingerprint density at radius 3 is 1.89 bits per heavy atom. The van der Waals surface area contributed by atoms with Gasteiger partial charge in [0, 0.05) is 76.9 Å². The van der Waals surface area contributed by atoms with Gasteiger partial charge >= 0.3 is 11.9 Å². The zero-order valence-corrected chi connectivity index (χ0v) is 31.5. The molecule has 10 nitrogen and oxygen atoms in total. The fraction of sp³-hybridized carbons (Fsp3) is 0.333. The predicted molar refractivity (Wildman–Crippen MR) is 211 cm³/mol. The summed E-state index contributed by atoms with van der Waals surface area (Å²) in [7, 11) is 0. The molecule has 2 aromatic heterocycles. The van der Waals surface area contributed by atoms with Crippen molar-refractivity contribution in [3.05, 3.63) is 125 Å². The minimum Gasteiger partial charge on any atom is -0.478 e. The first-order valence-corrected chi connectivity index (χ1v) is 19.5. The molecule has 0 bridgehead atoms. The van der Waals surface area contributed by atoms with E-state index in [-0.39, 0.29) is 22.9 Å². The third kappa shape index (κ3) is 9.62. The Labute approximate surface area is 322 Å². The topological polar surface area (TPSA) is 132 Å². The largest absolute Gasteiger partial charge is 0.478 e. The molecule has 0 aliphatic carbocycles. The number of hydrogen-bond acceptors (Lipinski definition) is 5. The minimum atomic E-state index is -1.16. The Morgan fingerprint density at radius 2 is 1.24 bits per heavy atom. The Morgan fingerprint density at radius 1 is 0.655 bits per heavy atom. The molecule has 0 atom stereocenters. The van der Waals surface area contributed by atoms with Gasteiger partial charge in [0.15, 0.2) is 31.3 Å². The standard InChI is InChI=1S/C45H48N4O6/c1-2-3-4-5-7-11-23-49-42(50)38-14-12-13-37-40(16-15-39(41(37)38)43(49)51)46-21-9-6-8-10-22-47-24-17-33(18-25-47)34-19-26-48(27-20-34)31-32-28-35(44(52)53)30-36(29-32)45(54)55/h12-20,24-30H,2-11,21-23,31H2,1H3,(H-2,46,50,51,52,53,54,55)/p+2. The van der Waals surface area contributed by atoms with Crippen molar-refractivity contribution in [2.24, 2.45) is 0 Å². The summed E-state index contributed by atoms with van der Waals surface area (Å²) in [6.07, 6.45) is 18.8. The molecule has 1 aliphatic heterocycles. The molecule has 3 N–H and O–H groups in total. The van der Waals surface area contributed by atoms with Gasteiger partial charge in [0.2, 0.25) is 0 Å². The average molecular weight is 743 g/mol. The van der Waals surface area contributed by atoms with E-state index in [2.05, 4.69) is 41.3 Å². The number of unbranched alkanes of at least 4 members (excludes halogenated alkanes) is 8. The smallest absolute Gasteiger partial charge is 0.335 e. The molecule has 55 heavy (non-hydrogen) atoms. The summed E-state index contributed by atoms with van der Waals surface area (Å²) >= 11 is 0. The second kappa shape index (κ2) is 18.4. The normalized spacial score (nSPS) is 12.3. The minimum absolute atomic E-state index is 0.0489. The highest BCUT2D eigenvalue weighted by molar-refractivity contribution is 6.26. The van der Waals surface area contributed by atoms with Crippen LogP contribution >= 0.6 is 0 Å². The maximum absolute atomic E-state index is 13.4. The van der Waals surface area contributed by atoms with Crippen LogP contribution in [0.3, 0.4) is 0 Å². The summed E-state index contributed by atoms with van der Waals surface area (Å²) in [5.74, 6) is -2.69. The van der Waals surface area contributed by atoms with Crippen LogP contribution in [0, 0.1) is 0 Å². The van der Waals surface area contributed by atoms with E-state index in [9.17, 15) is 29.4 Å². The van der Waals surface area contributed by atoms with E-state index >= 15 is 0 Å². The molecule has 284 valence electrons. The lowest BCUT2D eigenvalue weighted by atomic mass is 9.92. The van der Waals surface area contributed by atoms with Crippen molar-refractivity contribution in [1.82, 2.24) is 4.90 Å². The molecule has 6 rings (SSSR count). The van der Waals surface area contributed by atoms with Crippen molar-refractivity contribution in [3.63, 3.8) is 0 Å². The number of nitrogens with zero attached hydrogens (tertiary/aromatic N) is 3. The maximum atomic E-state index is 13.4. The van der Waals surface area contributed by atoms with Crippen LogP contribution in [0.2, 0.25) is 0 Å². The van der Waals surface area contributed by atoms with Crippen molar-refractivity contribution in [1.29, 1.82) is 0 Å². The van der Waals surface area contributed by atoms with Gasteiger partial charge in [-0.05, 0) is 66.8 Å². The molecule has 0 saturated carbocycles. The zero-order valence-electron chi connectivity index (χ0n) is 31.5. The molecule has 3 aromatic carbocycles. The van der Waals surface area contributed by atoms with Gasteiger partial charge < -0.3 is 15.5 Å². The number of aromatic carboxylic acids is 2. The summed E-state index contributed by atoms with van der Waals surface area (Å²) in [4.78, 5) is 51.2. The first kappa shape index (κ1) is 38.8. The lowest BCUT2D eigenvalue weighted by molar-refractivity contribution is -0.697. The molecular formula is C45H50N4O6+2. The number of amides is 2. The first-order chi connectivity index (χ1) is 26.7. The first-order valence-electron chi connectivity index (χ1n) is 19.5. The van der Waals surface area contributed by atoms with Crippen LogP contribution in [0.4, 0.5) is 5.69 Å². The van der Waals surface area contributed by atoms with Gasteiger partial charge in [-0.15, -0.1) is 0 Å². The zero-order chi connectivity index (χ0) is 38.7. The second-order valence-electron chi connectivity index (χ2n) is 14.4. The molecule has 2 amide bonds. The molecule has 3 heterocycles. The molecule has 5 aromatic rings. The number of carboxylic acid groups (broad SMARTS) is 2. The van der Waals surface area contributed by atoms with Crippen LogP contribution in [-0.2, 0) is 13.1 Å². The molecule has 10 heteroatoms. The SMILES string of the molecule is CCCCCCCCN1C(=O)c2cccc3c(NCCCCCC[n+]4ccc(-c5cc[n+](Cc6cc(C(=O)O)cc(C(=O)O)c6)cc5)cc4)ccc(c23)C1=O. The summed E-state index contributed by atoms with van der Waals surface area (Å²) in [6.45, 7) is 4.74. The van der Waals surface area contributed by atoms with Crippen molar-refractivity contribution in [2.75, 3.05) is 18.4 Å². The van der Waals surface area contributed by atoms with Crippen LogP contribution < -0.4 is 14.5 Å². The highest BCUT2D eigenvalue weighted by Gasteiger charge is 2.32.